The third kappa shape index (κ3) is 4.05. The molecule has 3 nitrogen and oxygen atoms in total. The average molecular weight is 349 g/mol. The number of halogens is 1. The summed E-state index contributed by atoms with van der Waals surface area (Å²) in [6.07, 6.45) is 3.77. The van der Waals surface area contributed by atoms with Crippen LogP contribution in [-0.2, 0) is 0 Å². The summed E-state index contributed by atoms with van der Waals surface area (Å²) >= 11 is 3.60. The van der Waals surface area contributed by atoms with E-state index in [1.165, 1.54) is 11.1 Å². The predicted octanol–water partition coefficient (Wildman–Crippen LogP) is 4.25. The Bertz CT molecular complexity index is 613. The number of hydrogen-bond donors (Lipinski definition) is 1. The van der Waals surface area contributed by atoms with Crippen molar-refractivity contribution in [1.82, 2.24) is 10.3 Å². The zero-order chi connectivity index (χ0) is 15.4. The first-order chi connectivity index (χ1) is 10.0. The molecule has 0 aliphatic rings. The van der Waals surface area contributed by atoms with E-state index in [2.05, 4.69) is 51.4 Å². The second-order valence-electron chi connectivity index (χ2n) is 5.35. The highest BCUT2D eigenvalue weighted by Crippen LogP contribution is 2.27. The second kappa shape index (κ2) is 7.05. The fourth-order valence-corrected chi connectivity index (χ4v) is 2.64. The summed E-state index contributed by atoms with van der Waals surface area (Å²) in [7, 11) is 1.95. The summed E-state index contributed by atoms with van der Waals surface area (Å²) in [6, 6.07) is 8.53. The van der Waals surface area contributed by atoms with Crippen LogP contribution in [0, 0.1) is 6.92 Å². The molecule has 1 atom stereocenters. The molecule has 0 aliphatic heterocycles. The van der Waals surface area contributed by atoms with E-state index in [-0.39, 0.29) is 12.1 Å². The van der Waals surface area contributed by atoms with Crippen LogP contribution in [0.4, 0.5) is 0 Å². The van der Waals surface area contributed by atoms with E-state index in [9.17, 15) is 0 Å². The Morgan fingerprint density at radius 3 is 2.52 bits per heavy atom. The molecule has 112 valence electrons. The molecule has 2 rings (SSSR count). The standard InChI is InChI=1S/C17H21BrN2O/c1-11(2)21-15-7-14(9-20-10-15)17(19-4)13-6-5-12(3)16(18)8-13/h5-11,17,19H,1-4H3. The van der Waals surface area contributed by atoms with E-state index in [0.717, 1.165) is 15.8 Å². The van der Waals surface area contributed by atoms with Crippen molar-refractivity contribution >= 4 is 15.9 Å². The Kier molecular flexibility index (Phi) is 5.37. The Morgan fingerprint density at radius 2 is 1.90 bits per heavy atom. The molecule has 0 spiro atoms. The van der Waals surface area contributed by atoms with E-state index in [4.69, 9.17) is 4.74 Å². The van der Waals surface area contributed by atoms with E-state index < -0.39 is 0 Å². The van der Waals surface area contributed by atoms with Crippen LogP contribution in [0.3, 0.4) is 0 Å². The summed E-state index contributed by atoms with van der Waals surface area (Å²) in [5.74, 6) is 0.800. The number of pyridine rings is 1. The SMILES string of the molecule is CNC(c1cncc(OC(C)C)c1)c1ccc(C)c(Br)c1. The van der Waals surface area contributed by atoms with Crippen molar-refractivity contribution in [2.24, 2.45) is 0 Å². The first-order valence-corrected chi connectivity index (χ1v) is 7.85. The van der Waals surface area contributed by atoms with Crippen molar-refractivity contribution in [3.63, 3.8) is 0 Å². The molecular weight excluding hydrogens is 328 g/mol. The highest BCUT2D eigenvalue weighted by Gasteiger charge is 2.14. The van der Waals surface area contributed by atoms with Gasteiger partial charge in [0.25, 0.3) is 0 Å². The number of hydrogen-bond acceptors (Lipinski definition) is 3. The van der Waals surface area contributed by atoms with Gasteiger partial charge in [0.2, 0.25) is 0 Å². The lowest BCUT2D eigenvalue weighted by atomic mass is 9.99. The van der Waals surface area contributed by atoms with Gasteiger partial charge in [-0.1, -0.05) is 28.1 Å². The maximum absolute atomic E-state index is 5.73. The van der Waals surface area contributed by atoms with Gasteiger partial charge in [-0.3, -0.25) is 4.98 Å². The van der Waals surface area contributed by atoms with E-state index in [0.29, 0.717) is 0 Å². The lowest BCUT2D eigenvalue weighted by Gasteiger charge is -2.19. The molecule has 2 aromatic rings. The second-order valence-corrected chi connectivity index (χ2v) is 6.21. The highest BCUT2D eigenvalue weighted by atomic mass is 79.9. The number of aromatic nitrogens is 1. The molecule has 4 heteroatoms. The zero-order valence-electron chi connectivity index (χ0n) is 12.9. The third-order valence-corrected chi connectivity index (χ3v) is 4.11. The molecule has 1 unspecified atom stereocenters. The number of nitrogens with zero attached hydrogens (tertiary/aromatic N) is 1. The first kappa shape index (κ1) is 16.0. The Hall–Kier alpha value is -1.39. The van der Waals surface area contributed by atoms with Crippen LogP contribution in [0.5, 0.6) is 5.75 Å². The quantitative estimate of drug-likeness (QED) is 0.876. The van der Waals surface area contributed by atoms with Crippen LogP contribution in [0.15, 0.2) is 41.1 Å². The van der Waals surface area contributed by atoms with Crippen molar-refractivity contribution in [3.05, 3.63) is 57.8 Å². The van der Waals surface area contributed by atoms with Gasteiger partial charge in [-0.2, -0.15) is 0 Å². The van der Waals surface area contributed by atoms with Crippen molar-refractivity contribution in [2.45, 2.75) is 32.9 Å². The topological polar surface area (TPSA) is 34.2 Å². The lowest BCUT2D eigenvalue weighted by molar-refractivity contribution is 0.241. The van der Waals surface area contributed by atoms with E-state index >= 15 is 0 Å². The molecule has 0 saturated heterocycles. The molecule has 0 saturated carbocycles. The summed E-state index contributed by atoms with van der Waals surface area (Å²) < 4.78 is 6.84. The van der Waals surface area contributed by atoms with Gasteiger partial charge in [0.15, 0.2) is 0 Å². The van der Waals surface area contributed by atoms with Crippen molar-refractivity contribution in [2.75, 3.05) is 7.05 Å². The van der Waals surface area contributed by atoms with Crippen LogP contribution in [0.2, 0.25) is 0 Å². The van der Waals surface area contributed by atoms with Gasteiger partial charge in [-0.25, -0.2) is 0 Å². The van der Waals surface area contributed by atoms with E-state index in [1.54, 1.807) is 6.20 Å². The molecule has 21 heavy (non-hydrogen) atoms. The van der Waals surface area contributed by atoms with Crippen LogP contribution in [0.25, 0.3) is 0 Å². The molecule has 0 radical (unpaired) electrons. The maximum Gasteiger partial charge on any atom is 0.138 e. The highest BCUT2D eigenvalue weighted by molar-refractivity contribution is 9.10. The predicted molar refractivity (Wildman–Crippen MR) is 89.8 cm³/mol. The van der Waals surface area contributed by atoms with Crippen LogP contribution in [-0.4, -0.2) is 18.1 Å². The number of nitrogens with one attached hydrogen (secondary N) is 1. The van der Waals surface area contributed by atoms with Crippen molar-refractivity contribution in [1.29, 1.82) is 0 Å². The monoisotopic (exact) mass is 348 g/mol. The number of benzene rings is 1. The molecule has 0 aliphatic carbocycles. The third-order valence-electron chi connectivity index (χ3n) is 3.26. The maximum atomic E-state index is 5.73. The first-order valence-electron chi connectivity index (χ1n) is 7.06. The molecule has 1 aromatic carbocycles. The molecule has 1 heterocycles. The van der Waals surface area contributed by atoms with E-state index in [1.807, 2.05) is 33.2 Å². The minimum absolute atomic E-state index is 0.0881. The van der Waals surface area contributed by atoms with Crippen molar-refractivity contribution in [3.8, 4) is 5.75 Å². The summed E-state index contributed by atoms with van der Waals surface area (Å²) in [6.45, 7) is 6.11. The van der Waals surface area contributed by atoms with Gasteiger partial charge in [-0.15, -0.1) is 0 Å². The molecule has 0 fully saturated rings. The minimum atomic E-state index is 0.0881. The van der Waals surface area contributed by atoms with Crippen LogP contribution >= 0.6 is 15.9 Å². The number of ether oxygens (including phenoxy) is 1. The van der Waals surface area contributed by atoms with Gasteiger partial charge in [0.1, 0.15) is 5.75 Å². The summed E-state index contributed by atoms with van der Waals surface area (Å²) in [4.78, 5) is 4.30. The lowest BCUT2D eigenvalue weighted by Crippen LogP contribution is -2.18. The molecule has 0 bridgehead atoms. The Morgan fingerprint density at radius 1 is 1.14 bits per heavy atom. The van der Waals surface area contributed by atoms with Gasteiger partial charge < -0.3 is 10.1 Å². The van der Waals surface area contributed by atoms with Crippen LogP contribution in [0.1, 0.15) is 36.6 Å². The molecular formula is C17H21BrN2O. The molecule has 0 amide bonds. The fourth-order valence-electron chi connectivity index (χ4n) is 2.24. The average Bonchev–Trinajstić information content (AvgIpc) is 2.43. The normalized spacial score (nSPS) is 12.5. The number of rotatable bonds is 5. The van der Waals surface area contributed by atoms with Gasteiger partial charge >= 0.3 is 0 Å². The number of aryl methyl sites for hydroxylation is 1. The summed E-state index contributed by atoms with van der Waals surface area (Å²) in [5.41, 5.74) is 3.51. The van der Waals surface area contributed by atoms with Crippen molar-refractivity contribution < 1.29 is 4.74 Å². The Labute approximate surface area is 134 Å². The van der Waals surface area contributed by atoms with Gasteiger partial charge in [-0.05, 0) is 56.6 Å². The van der Waals surface area contributed by atoms with Gasteiger partial charge in [0.05, 0.1) is 18.3 Å². The smallest absolute Gasteiger partial charge is 0.138 e. The Balaban J connectivity index is 2.34. The summed E-state index contributed by atoms with van der Waals surface area (Å²) in [5, 5.41) is 3.35. The zero-order valence-corrected chi connectivity index (χ0v) is 14.4. The van der Waals surface area contributed by atoms with Gasteiger partial charge in [0, 0.05) is 10.7 Å². The largest absolute Gasteiger partial charge is 0.489 e. The molecule has 1 aromatic heterocycles. The van der Waals surface area contributed by atoms with Crippen LogP contribution < -0.4 is 10.1 Å². The minimum Gasteiger partial charge on any atom is -0.489 e. The molecule has 1 N–H and O–H groups in total. The fraction of sp³-hybridized carbons (Fsp3) is 0.353.